The van der Waals surface area contributed by atoms with Crippen molar-refractivity contribution in [1.29, 1.82) is 0 Å². The highest BCUT2D eigenvalue weighted by molar-refractivity contribution is 6.12. The van der Waals surface area contributed by atoms with Crippen LogP contribution in [0.3, 0.4) is 0 Å². The Hall–Kier alpha value is -3.63. The number of carbonyl (C=O) groups excluding carboxylic acids is 3. The molecule has 0 radical (unpaired) electrons. The van der Waals surface area contributed by atoms with Crippen LogP contribution >= 0.6 is 0 Å². The standard InChI is InChI=1S/C27H36N4O6/c1-5-15-28-23(32)17-27(30-26(34)29-19-11-10-12-20(16-19)35-4)21-13-8-9-14-22(21)31(25(27)33)18-24(36-6-2)37-7-3/h8-14,16,24H,5-7,15,17-18H2,1-4H3,(H,28,32)(H2,29,30,34)/t27-/m0/s1. The summed E-state index contributed by atoms with van der Waals surface area (Å²) in [6.07, 6.45) is -0.190. The Morgan fingerprint density at radius 2 is 1.76 bits per heavy atom. The number of nitrogens with zero attached hydrogens (tertiary/aromatic N) is 1. The average Bonchev–Trinajstić information content (AvgIpc) is 3.10. The third kappa shape index (κ3) is 6.58. The first-order valence-corrected chi connectivity index (χ1v) is 12.5. The van der Waals surface area contributed by atoms with Crippen molar-refractivity contribution in [3.8, 4) is 5.75 Å². The molecule has 1 atom stereocenters. The van der Waals surface area contributed by atoms with E-state index in [0.717, 1.165) is 6.42 Å². The van der Waals surface area contributed by atoms with E-state index in [1.165, 1.54) is 12.0 Å². The minimum Gasteiger partial charge on any atom is -0.497 e. The van der Waals surface area contributed by atoms with Crippen LogP contribution in [-0.2, 0) is 24.6 Å². The van der Waals surface area contributed by atoms with Gasteiger partial charge in [0, 0.05) is 37.1 Å². The molecule has 2 aromatic rings. The monoisotopic (exact) mass is 512 g/mol. The van der Waals surface area contributed by atoms with Crippen molar-refractivity contribution in [2.75, 3.05) is 43.6 Å². The van der Waals surface area contributed by atoms with Crippen LogP contribution in [0.1, 0.15) is 39.2 Å². The molecule has 37 heavy (non-hydrogen) atoms. The predicted octanol–water partition coefficient (Wildman–Crippen LogP) is 3.37. The predicted molar refractivity (Wildman–Crippen MR) is 141 cm³/mol. The first kappa shape index (κ1) is 27.9. The van der Waals surface area contributed by atoms with Crippen LogP contribution in [0, 0.1) is 0 Å². The van der Waals surface area contributed by atoms with E-state index in [1.807, 2.05) is 20.8 Å². The van der Waals surface area contributed by atoms with Gasteiger partial charge in [-0.05, 0) is 38.5 Å². The number of nitrogens with one attached hydrogen (secondary N) is 3. The van der Waals surface area contributed by atoms with E-state index in [-0.39, 0.29) is 18.9 Å². The summed E-state index contributed by atoms with van der Waals surface area (Å²) in [5, 5.41) is 8.41. The molecule has 10 heteroatoms. The second-order valence-electron chi connectivity index (χ2n) is 8.52. The molecule has 2 aromatic carbocycles. The van der Waals surface area contributed by atoms with Gasteiger partial charge in [0.15, 0.2) is 11.8 Å². The van der Waals surface area contributed by atoms with Gasteiger partial charge in [-0.25, -0.2) is 4.79 Å². The SMILES string of the molecule is CCCNC(=O)C[C@@]1(NC(=O)Nc2cccc(OC)c2)C(=O)N(CC(OCC)OCC)c2ccccc21. The van der Waals surface area contributed by atoms with Crippen LogP contribution in [0.4, 0.5) is 16.2 Å². The van der Waals surface area contributed by atoms with Crippen molar-refractivity contribution in [2.45, 2.75) is 45.4 Å². The summed E-state index contributed by atoms with van der Waals surface area (Å²) < 4.78 is 16.6. The van der Waals surface area contributed by atoms with Gasteiger partial charge in [0.1, 0.15) is 5.75 Å². The van der Waals surface area contributed by atoms with Gasteiger partial charge in [-0.15, -0.1) is 0 Å². The van der Waals surface area contributed by atoms with Crippen molar-refractivity contribution >= 4 is 29.2 Å². The van der Waals surface area contributed by atoms with Crippen LogP contribution in [0.25, 0.3) is 0 Å². The molecule has 0 saturated heterocycles. The zero-order chi connectivity index (χ0) is 26.8. The van der Waals surface area contributed by atoms with Gasteiger partial charge in [0.05, 0.1) is 25.8 Å². The Morgan fingerprint density at radius 1 is 1.03 bits per heavy atom. The fraction of sp³-hybridized carbons (Fsp3) is 0.444. The number of urea groups is 1. The Bertz CT molecular complexity index is 1090. The van der Waals surface area contributed by atoms with Crippen LogP contribution < -0.4 is 25.6 Å². The van der Waals surface area contributed by atoms with E-state index in [9.17, 15) is 14.4 Å². The van der Waals surface area contributed by atoms with Crippen LogP contribution in [0.2, 0.25) is 0 Å². The van der Waals surface area contributed by atoms with Gasteiger partial charge in [-0.3, -0.25) is 9.59 Å². The second-order valence-corrected chi connectivity index (χ2v) is 8.52. The molecule has 4 amide bonds. The van der Waals surface area contributed by atoms with Crippen molar-refractivity contribution in [3.63, 3.8) is 0 Å². The number of para-hydroxylation sites is 1. The molecular formula is C27H36N4O6. The number of carbonyl (C=O) groups is 3. The highest BCUT2D eigenvalue weighted by Gasteiger charge is 2.53. The maximum absolute atomic E-state index is 14.1. The van der Waals surface area contributed by atoms with Crippen LogP contribution in [0.15, 0.2) is 48.5 Å². The van der Waals surface area contributed by atoms with Gasteiger partial charge in [0.25, 0.3) is 5.91 Å². The van der Waals surface area contributed by atoms with E-state index in [2.05, 4.69) is 16.0 Å². The average molecular weight is 513 g/mol. The number of benzene rings is 2. The van der Waals surface area contributed by atoms with Crippen molar-refractivity contribution in [3.05, 3.63) is 54.1 Å². The topological polar surface area (TPSA) is 118 Å². The lowest BCUT2D eigenvalue weighted by Gasteiger charge is -2.30. The molecule has 0 bridgehead atoms. The largest absolute Gasteiger partial charge is 0.497 e. The highest BCUT2D eigenvalue weighted by Crippen LogP contribution is 2.42. The molecule has 0 unspecified atom stereocenters. The van der Waals surface area contributed by atoms with Crippen LogP contribution in [0.5, 0.6) is 5.75 Å². The molecule has 3 N–H and O–H groups in total. The maximum atomic E-state index is 14.1. The lowest BCUT2D eigenvalue weighted by Crippen LogP contribution is -2.57. The third-order valence-electron chi connectivity index (χ3n) is 5.95. The first-order valence-electron chi connectivity index (χ1n) is 12.5. The van der Waals surface area contributed by atoms with Crippen LogP contribution in [-0.4, -0.2) is 57.5 Å². The molecule has 0 aliphatic carbocycles. The maximum Gasteiger partial charge on any atom is 0.320 e. The minimum atomic E-state index is -1.62. The van der Waals surface area contributed by atoms with Crippen molar-refractivity contribution in [1.82, 2.24) is 10.6 Å². The fourth-order valence-corrected chi connectivity index (χ4v) is 4.34. The molecule has 0 spiro atoms. The summed E-state index contributed by atoms with van der Waals surface area (Å²) >= 11 is 0. The summed E-state index contributed by atoms with van der Waals surface area (Å²) in [5.41, 5.74) is -0.0350. The van der Waals surface area contributed by atoms with Crippen molar-refractivity contribution in [2.24, 2.45) is 0 Å². The number of hydrogen-bond donors (Lipinski definition) is 3. The zero-order valence-electron chi connectivity index (χ0n) is 21.8. The van der Waals surface area contributed by atoms with Gasteiger partial charge in [-0.1, -0.05) is 31.2 Å². The summed E-state index contributed by atoms with van der Waals surface area (Å²) in [7, 11) is 1.53. The Balaban J connectivity index is 1.98. The van der Waals surface area contributed by atoms with E-state index < -0.39 is 23.8 Å². The zero-order valence-corrected chi connectivity index (χ0v) is 21.8. The molecule has 200 valence electrons. The Morgan fingerprint density at radius 3 is 2.43 bits per heavy atom. The summed E-state index contributed by atoms with van der Waals surface area (Å²) in [6, 6.07) is 13.3. The number of amides is 4. The number of methoxy groups -OCH3 is 1. The second kappa shape index (κ2) is 13.1. The Kier molecular flexibility index (Phi) is 9.87. The normalized spacial score (nSPS) is 16.5. The molecule has 1 aliphatic rings. The van der Waals surface area contributed by atoms with E-state index in [4.69, 9.17) is 14.2 Å². The number of hydrogen-bond acceptors (Lipinski definition) is 6. The molecule has 0 aromatic heterocycles. The highest BCUT2D eigenvalue weighted by atomic mass is 16.7. The molecular weight excluding hydrogens is 476 g/mol. The summed E-state index contributed by atoms with van der Waals surface area (Å²) in [5.74, 6) is -0.219. The lowest BCUT2D eigenvalue weighted by molar-refractivity contribution is -0.138. The molecule has 0 fully saturated rings. The molecule has 1 aliphatic heterocycles. The van der Waals surface area contributed by atoms with E-state index in [0.29, 0.717) is 42.4 Å². The molecule has 1 heterocycles. The van der Waals surface area contributed by atoms with E-state index >= 15 is 0 Å². The number of fused-ring (bicyclic) bond motifs is 1. The summed E-state index contributed by atoms with van der Waals surface area (Å²) in [6.45, 7) is 7.00. The Labute approximate surface area is 217 Å². The van der Waals surface area contributed by atoms with E-state index in [1.54, 1.807) is 48.5 Å². The smallest absolute Gasteiger partial charge is 0.320 e. The van der Waals surface area contributed by atoms with Gasteiger partial charge in [-0.2, -0.15) is 0 Å². The van der Waals surface area contributed by atoms with Gasteiger partial charge >= 0.3 is 6.03 Å². The molecule has 10 nitrogen and oxygen atoms in total. The number of ether oxygens (including phenoxy) is 3. The lowest BCUT2D eigenvalue weighted by atomic mass is 9.87. The molecule has 0 saturated carbocycles. The number of anilines is 2. The fourth-order valence-electron chi connectivity index (χ4n) is 4.34. The van der Waals surface area contributed by atoms with Gasteiger partial charge < -0.3 is 35.1 Å². The van der Waals surface area contributed by atoms with Gasteiger partial charge in [0.2, 0.25) is 5.91 Å². The summed E-state index contributed by atoms with van der Waals surface area (Å²) in [4.78, 5) is 41.8. The third-order valence-corrected chi connectivity index (χ3v) is 5.95. The number of rotatable bonds is 13. The molecule has 3 rings (SSSR count). The first-order chi connectivity index (χ1) is 17.9. The quantitative estimate of drug-likeness (QED) is 0.354. The van der Waals surface area contributed by atoms with Crippen molar-refractivity contribution < 1.29 is 28.6 Å². The minimum absolute atomic E-state index is 0.106.